The van der Waals surface area contributed by atoms with Gasteiger partial charge in [0.25, 0.3) is 0 Å². The zero-order chi connectivity index (χ0) is 17.2. The van der Waals surface area contributed by atoms with Crippen LogP contribution in [0.2, 0.25) is 0 Å². The highest BCUT2D eigenvalue weighted by atomic mass is 32.2. The molecule has 0 radical (unpaired) electrons. The van der Waals surface area contributed by atoms with Crippen LogP contribution in [0.1, 0.15) is 59.8 Å². The van der Waals surface area contributed by atoms with Gasteiger partial charge < -0.3 is 15.0 Å². The summed E-state index contributed by atoms with van der Waals surface area (Å²) in [6.07, 6.45) is 6.71. The van der Waals surface area contributed by atoms with E-state index in [0.717, 1.165) is 38.6 Å². The van der Waals surface area contributed by atoms with Gasteiger partial charge in [0.15, 0.2) is 0 Å². The average molecular weight is 345 g/mol. The molecule has 1 N–H and O–H groups in total. The first-order valence-electron chi connectivity index (χ1n) is 8.74. The molecule has 0 spiro atoms. The molecule has 4 unspecified atom stereocenters. The zero-order valence-corrected chi connectivity index (χ0v) is 15.9. The number of hydrogen-bond acceptors (Lipinski definition) is 4. The van der Waals surface area contributed by atoms with E-state index in [2.05, 4.69) is 5.32 Å². The van der Waals surface area contributed by atoms with Gasteiger partial charge in [-0.15, -0.1) is 0 Å². The van der Waals surface area contributed by atoms with E-state index in [-0.39, 0.29) is 11.3 Å². The van der Waals surface area contributed by atoms with Crippen molar-refractivity contribution >= 4 is 16.9 Å². The van der Waals surface area contributed by atoms with Crippen LogP contribution in [0.5, 0.6) is 0 Å². The first kappa shape index (κ1) is 18.7. The second kappa shape index (κ2) is 7.51. The third kappa shape index (κ3) is 5.18. The Morgan fingerprint density at radius 2 is 1.87 bits per heavy atom. The summed E-state index contributed by atoms with van der Waals surface area (Å²) in [6, 6.07) is 1.07. The highest BCUT2D eigenvalue weighted by molar-refractivity contribution is 7.84. The monoisotopic (exact) mass is 344 g/mol. The van der Waals surface area contributed by atoms with E-state index in [1.165, 1.54) is 0 Å². The summed E-state index contributed by atoms with van der Waals surface area (Å²) in [4.78, 5) is 14.4. The van der Waals surface area contributed by atoms with Gasteiger partial charge in [0.1, 0.15) is 5.60 Å². The molecule has 0 aliphatic carbocycles. The molecule has 23 heavy (non-hydrogen) atoms. The SMILES string of the molecule is CC(CCNC1CC2CCC(C1)N2C(=O)OC(C)(C)C)S(C)=O. The lowest BCUT2D eigenvalue weighted by atomic mass is 9.97. The highest BCUT2D eigenvalue weighted by Crippen LogP contribution is 2.36. The van der Waals surface area contributed by atoms with E-state index in [1.54, 1.807) is 6.26 Å². The van der Waals surface area contributed by atoms with Crippen LogP contribution in [0, 0.1) is 0 Å². The Balaban J connectivity index is 1.82. The third-order valence-electron chi connectivity index (χ3n) is 4.89. The van der Waals surface area contributed by atoms with Crippen molar-refractivity contribution in [2.75, 3.05) is 12.8 Å². The first-order valence-corrected chi connectivity index (χ1v) is 10.4. The van der Waals surface area contributed by atoms with Crippen LogP contribution in [-0.2, 0) is 15.5 Å². The maximum atomic E-state index is 12.4. The molecular weight excluding hydrogens is 312 g/mol. The Labute approximate surface area is 143 Å². The standard InChI is InChI=1S/C17H32N2O3S/c1-12(23(5)21)8-9-18-13-10-14-6-7-15(11-13)19(14)16(20)22-17(2,3)4/h12-15,18H,6-11H2,1-5H3. The van der Waals surface area contributed by atoms with Crippen molar-refractivity contribution in [3.63, 3.8) is 0 Å². The molecule has 2 saturated heterocycles. The van der Waals surface area contributed by atoms with E-state index in [4.69, 9.17) is 4.74 Å². The van der Waals surface area contributed by atoms with Gasteiger partial charge in [-0.3, -0.25) is 4.21 Å². The number of nitrogens with zero attached hydrogens (tertiary/aromatic N) is 1. The molecule has 0 aromatic heterocycles. The van der Waals surface area contributed by atoms with Crippen molar-refractivity contribution < 1.29 is 13.7 Å². The van der Waals surface area contributed by atoms with Crippen molar-refractivity contribution in [2.45, 2.75) is 88.8 Å². The lowest BCUT2D eigenvalue weighted by Crippen LogP contribution is -2.52. The van der Waals surface area contributed by atoms with Crippen LogP contribution < -0.4 is 5.32 Å². The molecule has 0 saturated carbocycles. The Kier molecular flexibility index (Phi) is 6.11. The van der Waals surface area contributed by atoms with E-state index in [0.29, 0.717) is 18.1 Å². The van der Waals surface area contributed by atoms with Crippen molar-refractivity contribution in [3.8, 4) is 0 Å². The van der Waals surface area contributed by atoms with Crippen LogP contribution in [0.15, 0.2) is 0 Å². The number of carbonyl (C=O) groups excluding carboxylic acids is 1. The number of ether oxygens (including phenoxy) is 1. The summed E-state index contributed by atoms with van der Waals surface area (Å²) in [7, 11) is -0.750. The average Bonchev–Trinajstić information content (AvgIpc) is 2.68. The second-order valence-corrected chi connectivity index (χ2v) is 9.79. The summed E-state index contributed by atoms with van der Waals surface area (Å²) >= 11 is 0. The van der Waals surface area contributed by atoms with E-state index in [9.17, 15) is 9.00 Å². The van der Waals surface area contributed by atoms with E-state index >= 15 is 0 Å². The maximum Gasteiger partial charge on any atom is 0.410 e. The molecule has 134 valence electrons. The molecule has 0 aromatic carbocycles. The normalized spacial score (nSPS) is 30.1. The van der Waals surface area contributed by atoms with Crippen LogP contribution in [-0.4, -0.2) is 57.0 Å². The highest BCUT2D eigenvalue weighted by Gasteiger charge is 2.44. The summed E-state index contributed by atoms with van der Waals surface area (Å²) in [6.45, 7) is 8.68. The van der Waals surface area contributed by atoms with Gasteiger partial charge in [-0.25, -0.2) is 4.79 Å². The molecule has 6 heteroatoms. The minimum Gasteiger partial charge on any atom is -0.444 e. The van der Waals surface area contributed by atoms with Crippen molar-refractivity contribution in [3.05, 3.63) is 0 Å². The van der Waals surface area contributed by atoms with Crippen LogP contribution in [0.25, 0.3) is 0 Å². The van der Waals surface area contributed by atoms with Crippen LogP contribution >= 0.6 is 0 Å². The minimum atomic E-state index is -0.750. The summed E-state index contributed by atoms with van der Waals surface area (Å²) in [5.41, 5.74) is -0.433. The predicted molar refractivity (Wildman–Crippen MR) is 94.1 cm³/mol. The Morgan fingerprint density at radius 3 is 2.35 bits per heavy atom. The fraction of sp³-hybridized carbons (Fsp3) is 0.941. The third-order valence-corrected chi connectivity index (χ3v) is 6.26. The minimum absolute atomic E-state index is 0.154. The quantitative estimate of drug-likeness (QED) is 0.833. The van der Waals surface area contributed by atoms with Crippen molar-refractivity contribution in [2.24, 2.45) is 0 Å². The number of piperidine rings is 1. The van der Waals surface area contributed by atoms with Gasteiger partial charge >= 0.3 is 6.09 Å². The maximum absolute atomic E-state index is 12.4. The molecule has 2 fully saturated rings. The van der Waals surface area contributed by atoms with Gasteiger partial charge in [-0.2, -0.15) is 0 Å². The smallest absolute Gasteiger partial charge is 0.410 e. The Hall–Kier alpha value is -0.620. The molecular formula is C17H32N2O3S. The fourth-order valence-corrected chi connectivity index (χ4v) is 4.06. The van der Waals surface area contributed by atoms with Crippen molar-refractivity contribution in [1.29, 1.82) is 0 Å². The number of amides is 1. The molecule has 0 aromatic rings. The van der Waals surface area contributed by atoms with Gasteiger partial charge in [-0.1, -0.05) is 6.92 Å². The van der Waals surface area contributed by atoms with Gasteiger partial charge in [0, 0.05) is 40.4 Å². The van der Waals surface area contributed by atoms with Gasteiger partial charge in [0.05, 0.1) is 0 Å². The molecule has 2 aliphatic heterocycles. The number of fused-ring (bicyclic) bond motifs is 2. The van der Waals surface area contributed by atoms with Gasteiger partial charge in [0.2, 0.25) is 0 Å². The second-order valence-electron chi connectivity index (χ2n) is 7.99. The lowest BCUT2D eigenvalue weighted by molar-refractivity contribution is 0.00475. The topological polar surface area (TPSA) is 58.6 Å². The Bertz CT molecular complexity index is 436. The van der Waals surface area contributed by atoms with Crippen molar-refractivity contribution in [1.82, 2.24) is 10.2 Å². The molecule has 4 atom stereocenters. The zero-order valence-electron chi connectivity index (χ0n) is 15.1. The summed E-state index contributed by atoms with van der Waals surface area (Å²) in [5.74, 6) is 0. The Morgan fingerprint density at radius 1 is 1.30 bits per heavy atom. The van der Waals surface area contributed by atoms with Crippen LogP contribution in [0.4, 0.5) is 4.79 Å². The van der Waals surface area contributed by atoms with Gasteiger partial charge in [-0.05, 0) is 59.4 Å². The van der Waals surface area contributed by atoms with E-state index in [1.807, 2.05) is 32.6 Å². The number of rotatable bonds is 5. The number of carbonyl (C=O) groups is 1. The molecule has 1 amide bonds. The molecule has 5 nitrogen and oxygen atoms in total. The lowest BCUT2D eigenvalue weighted by Gasteiger charge is -2.39. The van der Waals surface area contributed by atoms with E-state index < -0.39 is 16.4 Å². The predicted octanol–water partition coefficient (Wildman–Crippen LogP) is 2.66. The fourth-order valence-electron chi connectivity index (χ4n) is 3.61. The molecule has 2 heterocycles. The van der Waals surface area contributed by atoms with Crippen LogP contribution in [0.3, 0.4) is 0 Å². The number of hydrogen-bond donors (Lipinski definition) is 1. The largest absolute Gasteiger partial charge is 0.444 e. The first-order chi connectivity index (χ1) is 10.7. The molecule has 2 bridgehead atoms. The summed E-state index contributed by atoms with van der Waals surface area (Å²) in [5, 5.41) is 3.84. The molecule has 2 aliphatic rings. The number of nitrogens with one attached hydrogen (secondary N) is 1. The summed E-state index contributed by atoms with van der Waals surface area (Å²) < 4.78 is 17.0. The molecule has 2 rings (SSSR count).